The minimum absolute atomic E-state index is 0.0730. The lowest BCUT2D eigenvalue weighted by molar-refractivity contribution is -0.112. The van der Waals surface area contributed by atoms with Crippen molar-refractivity contribution in [1.82, 2.24) is 4.90 Å². The van der Waals surface area contributed by atoms with Crippen LogP contribution in [0.1, 0.15) is 20.3 Å². The van der Waals surface area contributed by atoms with Crippen LogP contribution in [0.2, 0.25) is 12.6 Å². The number of hydrogen-bond acceptors (Lipinski definition) is 6. The Kier molecular flexibility index (Phi) is 13.6. The van der Waals surface area contributed by atoms with Gasteiger partial charge in [-0.15, -0.1) is 0 Å². The van der Waals surface area contributed by atoms with Crippen LogP contribution in [0.3, 0.4) is 0 Å². The van der Waals surface area contributed by atoms with Crippen molar-refractivity contribution in [2.24, 2.45) is 0 Å². The number of nitrogens with zero attached hydrogens (tertiary/aromatic N) is 1. The van der Waals surface area contributed by atoms with Gasteiger partial charge in [-0.05, 0) is 44.2 Å². The summed E-state index contributed by atoms with van der Waals surface area (Å²) >= 11 is 1.34. The second kappa shape index (κ2) is 15.2. The van der Waals surface area contributed by atoms with Crippen LogP contribution in [-0.2, 0) is 14.0 Å². The Morgan fingerprint density at radius 2 is 1.92 bits per heavy atom. The largest absolute Gasteiger partial charge is 0.485 e. The fourth-order valence-corrected chi connectivity index (χ4v) is 4.55. The number of likely N-dealkylation sites (N-methyl/N-ethyl adjacent to an activating group) is 1. The third kappa shape index (κ3) is 11.7. The molecule has 0 N–H and O–H groups in total. The van der Waals surface area contributed by atoms with Gasteiger partial charge in [0.1, 0.15) is 12.5 Å². The molecule has 1 unspecified atom stereocenters. The van der Waals surface area contributed by atoms with Crippen LogP contribution in [-0.4, -0.2) is 64.4 Å². The number of hydrogen-bond donors (Lipinski definition) is 0. The molecule has 0 aromatic heterocycles. The normalized spacial score (nSPS) is 12.3. The van der Waals surface area contributed by atoms with Crippen molar-refractivity contribution >= 4 is 25.9 Å². The predicted octanol–water partition coefficient (Wildman–Crippen LogP) is 3.40. The summed E-state index contributed by atoms with van der Waals surface area (Å²) in [6, 6.07) is 10.5. The van der Waals surface area contributed by atoms with E-state index in [0.29, 0.717) is 13.4 Å². The Bertz CT molecular complexity index is 474. The van der Waals surface area contributed by atoms with Crippen LogP contribution in [0.15, 0.2) is 30.3 Å². The second-order valence-corrected chi connectivity index (χ2v) is 9.68. The van der Waals surface area contributed by atoms with E-state index in [-0.39, 0.29) is 11.7 Å². The molecule has 0 aliphatic carbocycles. The van der Waals surface area contributed by atoms with E-state index < -0.39 is 9.04 Å². The third-order valence-electron chi connectivity index (χ3n) is 4.00. The molecule has 0 bridgehead atoms. The second-order valence-electron chi connectivity index (χ2n) is 5.99. The Balaban J connectivity index is 1.95. The Morgan fingerprint density at radius 1 is 1.19 bits per heavy atom. The summed E-state index contributed by atoms with van der Waals surface area (Å²) in [7, 11) is -1.21. The van der Waals surface area contributed by atoms with Crippen molar-refractivity contribution in [1.29, 1.82) is 0 Å². The van der Waals surface area contributed by atoms with E-state index in [1.54, 1.807) is 0 Å². The maximum atomic E-state index is 11.8. The first-order valence-corrected chi connectivity index (χ1v) is 12.8. The average molecular weight is 400 g/mol. The van der Waals surface area contributed by atoms with Gasteiger partial charge in [-0.3, -0.25) is 4.79 Å². The van der Waals surface area contributed by atoms with E-state index >= 15 is 0 Å². The number of rotatable bonds is 15. The maximum absolute atomic E-state index is 11.8. The fourth-order valence-electron chi connectivity index (χ4n) is 2.30. The molecule has 0 heterocycles. The average Bonchev–Trinajstić information content (AvgIpc) is 2.67. The zero-order valence-electron chi connectivity index (χ0n) is 16.3. The van der Waals surface area contributed by atoms with Gasteiger partial charge in [0, 0.05) is 12.3 Å². The first-order valence-electron chi connectivity index (χ1n) is 9.40. The van der Waals surface area contributed by atoms with Crippen molar-refractivity contribution in [3.8, 4) is 5.75 Å². The summed E-state index contributed by atoms with van der Waals surface area (Å²) in [6.45, 7) is 10.8. The quantitative estimate of drug-likeness (QED) is 0.256. The smallest absolute Gasteiger partial charge is 0.226 e. The SMILES string of the molecule is CCN(CC)CCOCO[SiH](C)CCCSC(=O)COc1ccccc1. The van der Waals surface area contributed by atoms with Gasteiger partial charge in [0.05, 0.1) is 6.61 Å². The molecular formula is C19H33NO4SSi. The van der Waals surface area contributed by atoms with Crippen molar-refractivity contribution in [3.05, 3.63) is 30.3 Å². The molecule has 0 radical (unpaired) electrons. The molecule has 7 heteroatoms. The van der Waals surface area contributed by atoms with E-state index in [1.165, 1.54) is 11.8 Å². The molecule has 0 saturated heterocycles. The van der Waals surface area contributed by atoms with Gasteiger partial charge in [-0.2, -0.15) is 0 Å². The van der Waals surface area contributed by atoms with E-state index in [0.717, 1.165) is 43.6 Å². The van der Waals surface area contributed by atoms with Crippen molar-refractivity contribution in [3.63, 3.8) is 0 Å². The number of benzene rings is 1. The van der Waals surface area contributed by atoms with Gasteiger partial charge in [0.2, 0.25) is 5.12 Å². The lowest BCUT2D eigenvalue weighted by Gasteiger charge is -2.18. The number of carbonyl (C=O) groups excluding carboxylic acids is 1. The lowest BCUT2D eigenvalue weighted by atomic mass is 10.3. The summed E-state index contributed by atoms with van der Waals surface area (Å²) in [5.41, 5.74) is 0. The molecule has 0 amide bonds. The number of thioether (sulfide) groups is 1. The van der Waals surface area contributed by atoms with E-state index in [4.69, 9.17) is 13.9 Å². The summed E-state index contributed by atoms with van der Waals surface area (Å²) in [4.78, 5) is 14.1. The van der Waals surface area contributed by atoms with E-state index in [9.17, 15) is 4.79 Å². The number of para-hydroxylation sites is 1. The molecule has 0 aliphatic heterocycles. The molecule has 0 fully saturated rings. The van der Waals surface area contributed by atoms with Gasteiger partial charge < -0.3 is 18.8 Å². The van der Waals surface area contributed by atoms with Crippen LogP contribution in [0.4, 0.5) is 0 Å². The summed E-state index contributed by atoms with van der Waals surface area (Å²) in [5.74, 6) is 1.55. The first kappa shape index (κ1) is 23.2. The van der Waals surface area contributed by atoms with Gasteiger partial charge in [0.15, 0.2) is 15.6 Å². The monoisotopic (exact) mass is 399 g/mol. The Hall–Kier alpha value is -0.863. The van der Waals surface area contributed by atoms with Crippen LogP contribution >= 0.6 is 11.8 Å². The molecule has 0 aliphatic rings. The molecule has 1 aromatic rings. The third-order valence-corrected chi connectivity index (χ3v) is 6.86. The van der Waals surface area contributed by atoms with Crippen molar-refractivity contribution in [2.75, 3.05) is 45.4 Å². The minimum atomic E-state index is -1.21. The standard InChI is InChI=1S/C19H33NO4SSi/c1-4-20(5-2)12-13-22-17-24-26(3)15-9-14-25-19(21)16-23-18-10-7-6-8-11-18/h6-8,10-11,26H,4-5,9,12-17H2,1-3H3. The highest BCUT2D eigenvalue weighted by molar-refractivity contribution is 8.13. The molecule has 1 rings (SSSR count). The summed E-state index contributed by atoms with van der Waals surface area (Å²) in [5, 5.41) is 0.0730. The topological polar surface area (TPSA) is 48.0 Å². The predicted molar refractivity (Wildman–Crippen MR) is 112 cm³/mol. The Labute approximate surface area is 164 Å². The molecule has 148 valence electrons. The van der Waals surface area contributed by atoms with Crippen molar-refractivity contribution < 1.29 is 18.7 Å². The molecule has 5 nitrogen and oxygen atoms in total. The summed E-state index contributed by atoms with van der Waals surface area (Å²) in [6.07, 6.45) is 0.995. The highest BCUT2D eigenvalue weighted by Crippen LogP contribution is 2.12. The molecule has 0 spiro atoms. The molecule has 26 heavy (non-hydrogen) atoms. The van der Waals surface area contributed by atoms with Crippen LogP contribution in [0.25, 0.3) is 0 Å². The van der Waals surface area contributed by atoms with E-state index in [1.807, 2.05) is 30.3 Å². The van der Waals surface area contributed by atoms with Gasteiger partial charge in [-0.1, -0.05) is 43.8 Å². The fraction of sp³-hybridized carbons (Fsp3) is 0.632. The minimum Gasteiger partial charge on any atom is -0.485 e. The molecular weight excluding hydrogens is 366 g/mol. The van der Waals surface area contributed by atoms with Gasteiger partial charge >= 0.3 is 0 Å². The zero-order chi connectivity index (χ0) is 19.0. The van der Waals surface area contributed by atoms with Crippen molar-refractivity contribution in [2.45, 2.75) is 32.9 Å². The number of ether oxygens (including phenoxy) is 2. The summed E-state index contributed by atoms with van der Waals surface area (Å²) < 4.78 is 16.8. The van der Waals surface area contributed by atoms with Crippen LogP contribution < -0.4 is 4.74 Å². The lowest BCUT2D eigenvalue weighted by Crippen LogP contribution is -2.27. The Morgan fingerprint density at radius 3 is 2.62 bits per heavy atom. The number of carbonyl (C=O) groups is 1. The van der Waals surface area contributed by atoms with Gasteiger partial charge in [0.25, 0.3) is 0 Å². The molecule has 0 saturated carbocycles. The molecule has 1 atom stereocenters. The maximum Gasteiger partial charge on any atom is 0.226 e. The van der Waals surface area contributed by atoms with E-state index in [2.05, 4.69) is 25.3 Å². The molecule has 1 aromatic carbocycles. The van der Waals surface area contributed by atoms with Crippen LogP contribution in [0.5, 0.6) is 5.75 Å². The zero-order valence-corrected chi connectivity index (χ0v) is 18.3. The van der Waals surface area contributed by atoms with Gasteiger partial charge in [-0.25, -0.2) is 0 Å². The highest BCUT2D eigenvalue weighted by Gasteiger charge is 2.08. The van der Waals surface area contributed by atoms with Crippen LogP contribution in [0, 0.1) is 0 Å². The highest BCUT2D eigenvalue weighted by atomic mass is 32.2. The first-order chi connectivity index (χ1) is 12.7.